The fourth-order valence-electron chi connectivity index (χ4n) is 5.64. The fraction of sp³-hybridized carbons (Fsp3) is 0.321. The fourth-order valence-corrected chi connectivity index (χ4v) is 5.64. The molecule has 0 bridgehead atoms. The molecule has 4 atom stereocenters. The Balaban J connectivity index is 0.00000187. The van der Waals surface area contributed by atoms with Gasteiger partial charge in [0.05, 0.1) is 11.3 Å². The number of aromatic amines is 1. The van der Waals surface area contributed by atoms with E-state index in [-0.39, 0.29) is 55.1 Å². The van der Waals surface area contributed by atoms with Gasteiger partial charge in [-0.2, -0.15) is 13.2 Å². The Morgan fingerprint density at radius 1 is 1.00 bits per heavy atom. The smallest absolute Gasteiger partial charge is 0.346 e. The van der Waals surface area contributed by atoms with Crippen LogP contribution in [0, 0.1) is 0 Å². The van der Waals surface area contributed by atoms with E-state index in [4.69, 9.17) is 0 Å². The molecule has 0 aliphatic carbocycles. The van der Waals surface area contributed by atoms with Gasteiger partial charge in [-0.05, 0) is 49.6 Å². The summed E-state index contributed by atoms with van der Waals surface area (Å²) in [4.78, 5) is 18.9. The van der Waals surface area contributed by atoms with E-state index < -0.39 is 17.4 Å². The zero-order valence-electron chi connectivity index (χ0n) is 21.9. The van der Waals surface area contributed by atoms with Crippen LogP contribution in [0.1, 0.15) is 59.4 Å². The number of hydrogen-bond donors (Lipinski definition) is 2. The van der Waals surface area contributed by atoms with E-state index in [1.165, 1.54) is 18.5 Å². The molecule has 0 spiro atoms. The third-order valence-corrected chi connectivity index (χ3v) is 7.39. The monoisotopic (exact) mass is 614 g/mol. The topological polar surface area (TPSA) is 69.7 Å². The maximum Gasteiger partial charge on any atom is 0.416 e. The molecule has 2 N–H and O–H groups in total. The molecule has 1 aliphatic rings. The standard InChI is InChI=1S/C28H29F3N6.3ClH/c1-19(20-7-4-3-5-8-20)36-27(26-33-14-15-34-26)25(24-11-13-32-18-35-24)23(12-16-37(27)2)21-9-6-10-22(17-21)28(29,30)31;;;/h3-11,13-15,17-19,23,25,36H,12,16H2,1-2H3,(H,33,34);3*1H. The molecule has 2 aromatic heterocycles. The summed E-state index contributed by atoms with van der Waals surface area (Å²) in [6, 6.07) is 17.5. The molecule has 4 aromatic rings. The van der Waals surface area contributed by atoms with Crippen molar-refractivity contribution in [3.63, 3.8) is 0 Å². The molecule has 1 fully saturated rings. The average molecular weight is 616 g/mol. The molecule has 216 valence electrons. The minimum atomic E-state index is -4.43. The van der Waals surface area contributed by atoms with Gasteiger partial charge in [0, 0.05) is 37.1 Å². The predicted molar refractivity (Wildman–Crippen MR) is 156 cm³/mol. The van der Waals surface area contributed by atoms with Gasteiger partial charge >= 0.3 is 6.18 Å². The molecule has 0 saturated carbocycles. The Hall–Kier alpha value is -2.69. The number of likely N-dealkylation sites (tertiary alicyclic amines) is 1. The second-order valence-corrected chi connectivity index (χ2v) is 9.53. The summed E-state index contributed by atoms with van der Waals surface area (Å²) in [5, 5.41) is 3.84. The molecule has 1 aliphatic heterocycles. The Morgan fingerprint density at radius 2 is 1.75 bits per heavy atom. The Labute approximate surface area is 250 Å². The highest BCUT2D eigenvalue weighted by Crippen LogP contribution is 2.52. The van der Waals surface area contributed by atoms with E-state index in [0.29, 0.717) is 24.4 Å². The molecule has 1 saturated heterocycles. The van der Waals surface area contributed by atoms with Crippen molar-refractivity contribution in [1.82, 2.24) is 30.2 Å². The number of imidazole rings is 1. The molecule has 40 heavy (non-hydrogen) atoms. The number of rotatable bonds is 6. The first kappa shape index (κ1) is 33.5. The second kappa shape index (κ2) is 13.8. The molecular weight excluding hydrogens is 584 g/mol. The summed E-state index contributed by atoms with van der Waals surface area (Å²) < 4.78 is 41.1. The molecule has 3 heterocycles. The van der Waals surface area contributed by atoms with E-state index in [0.717, 1.165) is 17.3 Å². The lowest BCUT2D eigenvalue weighted by atomic mass is 9.69. The largest absolute Gasteiger partial charge is 0.416 e. The Bertz CT molecular complexity index is 1310. The normalized spacial score (nSPS) is 21.8. The number of likely N-dealkylation sites (N-methyl/N-ethyl adjacent to an activating group) is 1. The first-order valence-electron chi connectivity index (χ1n) is 12.3. The Morgan fingerprint density at radius 3 is 2.38 bits per heavy atom. The molecular formula is C28H32Cl3F3N6. The number of hydrogen-bond acceptors (Lipinski definition) is 5. The van der Waals surface area contributed by atoms with Crippen LogP contribution in [0.3, 0.4) is 0 Å². The van der Waals surface area contributed by atoms with Crippen LogP contribution < -0.4 is 5.32 Å². The van der Waals surface area contributed by atoms with Crippen LogP contribution in [0.5, 0.6) is 0 Å². The number of halogens is 6. The third kappa shape index (κ3) is 6.44. The van der Waals surface area contributed by atoms with E-state index in [2.05, 4.69) is 49.2 Å². The number of benzene rings is 2. The summed E-state index contributed by atoms with van der Waals surface area (Å²) in [5.74, 6) is 0.0297. The van der Waals surface area contributed by atoms with Crippen LogP contribution in [0.25, 0.3) is 0 Å². The van der Waals surface area contributed by atoms with Crippen molar-refractivity contribution in [2.45, 2.75) is 43.1 Å². The van der Waals surface area contributed by atoms with Crippen LogP contribution >= 0.6 is 37.2 Å². The van der Waals surface area contributed by atoms with Gasteiger partial charge in [-0.3, -0.25) is 10.2 Å². The molecule has 12 heteroatoms. The van der Waals surface area contributed by atoms with Gasteiger partial charge in [0.15, 0.2) is 0 Å². The van der Waals surface area contributed by atoms with Gasteiger partial charge in [0.1, 0.15) is 17.8 Å². The highest BCUT2D eigenvalue weighted by atomic mass is 35.5. The molecule has 0 amide bonds. The minimum absolute atomic E-state index is 0. The van der Waals surface area contributed by atoms with E-state index in [1.807, 2.05) is 31.3 Å². The molecule has 5 rings (SSSR count). The van der Waals surface area contributed by atoms with Crippen LogP contribution in [0.2, 0.25) is 0 Å². The van der Waals surface area contributed by atoms with Crippen LogP contribution in [-0.4, -0.2) is 38.4 Å². The average Bonchev–Trinajstić information content (AvgIpc) is 3.46. The number of nitrogens with one attached hydrogen (secondary N) is 2. The number of nitrogens with zero attached hydrogens (tertiary/aromatic N) is 4. The van der Waals surface area contributed by atoms with Crippen molar-refractivity contribution in [2.24, 2.45) is 0 Å². The number of alkyl halides is 3. The van der Waals surface area contributed by atoms with Crippen molar-refractivity contribution in [3.8, 4) is 0 Å². The lowest BCUT2D eigenvalue weighted by Crippen LogP contribution is -2.63. The van der Waals surface area contributed by atoms with Gasteiger partial charge in [-0.1, -0.05) is 48.5 Å². The van der Waals surface area contributed by atoms with Gasteiger partial charge in [0.2, 0.25) is 0 Å². The van der Waals surface area contributed by atoms with Gasteiger partial charge in [-0.25, -0.2) is 15.0 Å². The molecule has 6 nitrogen and oxygen atoms in total. The van der Waals surface area contributed by atoms with Crippen molar-refractivity contribution in [1.29, 1.82) is 0 Å². The zero-order chi connectivity index (χ0) is 26.0. The summed E-state index contributed by atoms with van der Waals surface area (Å²) in [6.07, 6.45) is 2.85. The van der Waals surface area contributed by atoms with Crippen molar-refractivity contribution < 1.29 is 13.2 Å². The lowest BCUT2D eigenvalue weighted by molar-refractivity contribution is -0.137. The van der Waals surface area contributed by atoms with Crippen LogP contribution in [-0.2, 0) is 11.8 Å². The predicted octanol–water partition coefficient (Wildman–Crippen LogP) is 6.89. The van der Waals surface area contributed by atoms with Gasteiger partial charge < -0.3 is 4.98 Å². The summed E-state index contributed by atoms with van der Waals surface area (Å²) in [6.45, 7) is 2.72. The summed E-state index contributed by atoms with van der Waals surface area (Å²) in [5.41, 5.74) is 0.887. The van der Waals surface area contributed by atoms with Crippen LogP contribution in [0.4, 0.5) is 13.2 Å². The summed E-state index contributed by atoms with van der Waals surface area (Å²) >= 11 is 0. The number of piperidine rings is 1. The maximum absolute atomic E-state index is 13.7. The second-order valence-electron chi connectivity index (χ2n) is 9.53. The minimum Gasteiger partial charge on any atom is -0.346 e. The van der Waals surface area contributed by atoms with Crippen molar-refractivity contribution >= 4 is 37.2 Å². The van der Waals surface area contributed by atoms with Crippen LogP contribution in [0.15, 0.2) is 85.6 Å². The Kier molecular flexibility index (Phi) is 11.5. The van der Waals surface area contributed by atoms with Crippen molar-refractivity contribution in [3.05, 3.63) is 114 Å². The first-order valence-corrected chi connectivity index (χ1v) is 12.3. The van der Waals surface area contributed by atoms with E-state index in [1.54, 1.807) is 24.7 Å². The molecule has 2 aromatic carbocycles. The first-order chi connectivity index (χ1) is 17.8. The van der Waals surface area contributed by atoms with Gasteiger partial charge in [-0.15, -0.1) is 37.2 Å². The summed E-state index contributed by atoms with van der Waals surface area (Å²) in [7, 11) is 2.02. The number of aromatic nitrogens is 4. The maximum atomic E-state index is 13.7. The van der Waals surface area contributed by atoms with Crippen molar-refractivity contribution in [2.75, 3.05) is 13.6 Å². The highest BCUT2D eigenvalue weighted by Gasteiger charge is 2.54. The lowest BCUT2D eigenvalue weighted by Gasteiger charge is -2.54. The highest BCUT2D eigenvalue weighted by molar-refractivity contribution is 5.86. The third-order valence-electron chi connectivity index (χ3n) is 7.39. The zero-order valence-corrected chi connectivity index (χ0v) is 24.3. The quantitative estimate of drug-likeness (QED) is 0.247. The molecule has 0 radical (unpaired) electrons. The SMILES string of the molecule is CC(NC1(c2ncc[nH]2)C(c2ccncn2)C(c2cccc(C(F)(F)F)c2)CCN1C)c1ccccc1.Cl.Cl.Cl. The van der Waals surface area contributed by atoms with Gasteiger partial charge in [0.25, 0.3) is 0 Å². The van der Waals surface area contributed by atoms with E-state index in [9.17, 15) is 13.2 Å². The van der Waals surface area contributed by atoms with E-state index >= 15 is 0 Å². The molecule has 4 unspecified atom stereocenters. The number of H-pyrrole nitrogens is 1.